The number of benzene rings is 1. The van der Waals surface area contributed by atoms with Crippen LogP contribution in [0.4, 0.5) is 10.1 Å². The maximum Gasteiger partial charge on any atom is 0.341 e. The van der Waals surface area contributed by atoms with Crippen LogP contribution in [0.5, 0.6) is 0 Å². The minimum absolute atomic E-state index is 0.116. The van der Waals surface area contributed by atoms with E-state index in [0.29, 0.717) is 11.3 Å². The van der Waals surface area contributed by atoms with E-state index in [4.69, 9.17) is 10.5 Å². The predicted molar refractivity (Wildman–Crippen MR) is 78.4 cm³/mol. The van der Waals surface area contributed by atoms with Gasteiger partial charge in [0.05, 0.1) is 5.56 Å². The quantitative estimate of drug-likeness (QED) is 0.691. The number of carbonyl (C=O) groups is 1. The van der Waals surface area contributed by atoms with Gasteiger partial charge in [0, 0.05) is 15.4 Å². The predicted octanol–water partition coefficient (Wildman–Crippen LogP) is 3.70. The Morgan fingerprint density at radius 1 is 1.35 bits per heavy atom. The molecule has 0 saturated heterocycles. The zero-order valence-corrected chi connectivity index (χ0v) is 12.2. The highest BCUT2D eigenvalue weighted by Crippen LogP contribution is 2.21. The fourth-order valence-corrected chi connectivity index (χ4v) is 2.72. The molecule has 0 bridgehead atoms. The van der Waals surface area contributed by atoms with Crippen molar-refractivity contribution in [3.8, 4) is 0 Å². The fraction of sp³-hybridized carbons (Fsp3) is 0.267. The Kier molecular flexibility index (Phi) is 4.39. The van der Waals surface area contributed by atoms with Crippen molar-refractivity contribution in [2.24, 2.45) is 0 Å². The van der Waals surface area contributed by atoms with Crippen molar-refractivity contribution in [3.05, 3.63) is 51.0 Å². The Balaban J connectivity index is 2.09. The average molecular weight is 293 g/mol. The van der Waals surface area contributed by atoms with Gasteiger partial charge in [-0.05, 0) is 43.2 Å². The Bertz CT molecular complexity index is 637. The van der Waals surface area contributed by atoms with E-state index in [9.17, 15) is 9.18 Å². The number of halogens is 1. The third-order valence-corrected chi connectivity index (χ3v) is 4.11. The molecule has 0 spiro atoms. The van der Waals surface area contributed by atoms with Gasteiger partial charge in [-0.15, -0.1) is 11.3 Å². The van der Waals surface area contributed by atoms with Crippen molar-refractivity contribution in [2.75, 3.05) is 5.73 Å². The van der Waals surface area contributed by atoms with Gasteiger partial charge in [-0.2, -0.15) is 0 Å². The van der Waals surface area contributed by atoms with Gasteiger partial charge in [0.2, 0.25) is 0 Å². The van der Waals surface area contributed by atoms with Crippen molar-refractivity contribution in [2.45, 2.75) is 26.9 Å². The molecule has 0 aliphatic heterocycles. The Morgan fingerprint density at radius 3 is 2.70 bits per heavy atom. The first-order chi connectivity index (χ1) is 9.51. The number of esters is 1. The Labute approximate surface area is 121 Å². The molecule has 2 N–H and O–H groups in total. The standard InChI is InChI=1S/C15H16FNO2S/c1-3-11-4-5-12(20-11)8-19-15(18)13-7-10(17)6-9(2)14(13)16/h4-7H,3,8,17H2,1-2H3. The van der Waals surface area contributed by atoms with Crippen LogP contribution in [0, 0.1) is 12.7 Å². The number of ether oxygens (including phenoxy) is 1. The second-order valence-electron chi connectivity index (χ2n) is 4.50. The number of aryl methyl sites for hydroxylation is 2. The smallest absolute Gasteiger partial charge is 0.341 e. The SMILES string of the molecule is CCc1ccc(COC(=O)c2cc(N)cc(C)c2F)s1. The maximum absolute atomic E-state index is 13.9. The minimum Gasteiger partial charge on any atom is -0.456 e. The molecule has 0 atom stereocenters. The van der Waals surface area contributed by atoms with Gasteiger partial charge in [0.1, 0.15) is 12.4 Å². The van der Waals surface area contributed by atoms with Crippen LogP contribution in [0.2, 0.25) is 0 Å². The largest absolute Gasteiger partial charge is 0.456 e. The number of hydrogen-bond acceptors (Lipinski definition) is 4. The highest BCUT2D eigenvalue weighted by Gasteiger charge is 2.16. The summed E-state index contributed by atoms with van der Waals surface area (Å²) in [4.78, 5) is 14.1. The van der Waals surface area contributed by atoms with Crippen molar-refractivity contribution >= 4 is 23.0 Å². The number of hydrogen-bond donors (Lipinski definition) is 1. The van der Waals surface area contributed by atoms with E-state index in [0.717, 1.165) is 11.3 Å². The molecule has 2 rings (SSSR count). The molecule has 1 aromatic carbocycles. The van der Waals surface area contributed by atoms with Gasteiger partial charge in [-0.25, -0.2) is 9.18 Å². The lowest BCUT2D eigenvalue weighted by Crippen LogP contribution is -2.09. The monoisotopic (exact) mass is 293 g/mol. The Morgan fingerprint density at radius 2 is 2.05 bits per heavy atom. The first kappa shape index (κ1) is 14.5. The molecule has 1 heterocycles. The number of nitrogens with two attached hydrogens (primary N) is 1. The van der Waals surface area contributed by atoms with E-state index in [1.54, 1.807) is 18.3 Å². The van der Waals surface area contributed by atoms with Crippen LogP contribution < -0.4 is 5.73 Å². The molecule has 0 amide bonds. The second-order valence-corrected chi connectivity index (χ2v) is 5.75. The molecule has 1 aromatic heterocycles. The third-order valence-electron chi connectivity index (χ3n) is 2.91. The van der Waals surface area contributed by atoms with E-state index in [2.05, 4.69) is 6.92 Å². The molecule has 5 heteroatoms. The summed E-state index contributed by atoms with van der Waals surface area (Å²) in [6, 6.07) is 6.70. The van der Waals surface area contributed by atoms with Crippen LogP contribution >= 0.6 is 11.3 Å². The molecule has 0 saturated carbocycles. The summed E-state index contributed by atoms with van der Waals surface area (Å²) >= 11 is 1.58. The van der Waals surface area contributed by atoms with E-state index < -0.39 is 11.8 Å². The topological polar surface area (TPSA) is 52.3 Å². The number of anilines is 1. The van der Waals surface area contributed by atoms with E-state index in [1.807, 2.05) is 12.1 Å². The highest BCUT2D eigenvalue weighted by molar-refractivity contribution is 7.11. The fourth-order valence-electron chi connectivity index (χ4n) is 1.85. The number of carbonyl (C=O) groups excluding carboxylic acids is 1. The van der Waals surface area contributed by atoms with Gasteiger partial charge < -0.3 is 10.5 Å². The summed E-state index contributed by atoms with van der Waals surface area (Å²) in [6.07, 6.45) is 0.946. The van der Waals surface area contributed by atoms with Crippen LogP contribution in [-0.4, -0.2) is 5.97 Å². The molecule has 0 radical (unpaired) electrons. The molecule has 20 heavy (non-hydrogen) atoms. The molecule has 0 unspecified atom stereocenters. The van der Waals surface area contributed by atoms with Gasteiger partial charge in [-0.1, -0.05) is 6.92 Å². The number of nitrogen functional groups attached to an aromatic ring is 1. The van der Waals surface area contributed by atoms with Crippen LogP contribution in [0.15, 0.2) is 24.3 Å². The van der Waals surface area contributed by atoms with Crippen LogP contribution in [0.1, 0.15) is 32.6 Å². The molecular weight excluding hydrogens is 277 g/mol. The molecular formula is C15H16FNO2S. The highest BCUT2D eigenvalue weighted by atomic mass is 32.1. The Hall–Kier alpha value is -1.88. The molecule has 3 nitrogen and oxygen atoms in total. The number of rotatable bonds is 4. The molecule has 0 aliphatic rings. The first-order valence-electron chi connectivity index (χ1n) is 6.31. The lowest BCUT2D eigenvalue weighted by Gasteiger charge is -2.07. The lowest BCUT2D eigenvalue weighted by atomic mass is 10.1. The summed E-state index contributed by atoms with van der Waals surface area (Å²) < 4.78 is 19.0. The van der Waals surface area contributed by atoms with Gasteiger partial charge in [0.15, 0.2) is 0 Å². The van der Waals surface area contributed by atoms with Gasteiger partial charge in [-0.3, -0.25) is 0 Å². The van der Waals surface area contributed by atoms with Crippen LogP contribution in [-0.2, 0) is 17.8 Å². The second kappa shape index (κ2) is 6.05. The zero-order valence-electron chi connectivity index (χ0n) is 11.4. The van der Waals surface area contributed by atoms with Crippen molar-refractivity contribution < 1.29 is 13.9 Å². The summed E-state index contributed by atoms with van der Waals surface area (Å²) in [5, 5.41) is 0. The van der Waals surface area contributed by atoms with Crippen molar-refractivity contribution in [1.82, 2.24) is 0 Å². The molecule has 0 fully saturated rings. The molecule has 0 aliphatic carbocycles. The minimum atomic E-state index is -0.690. The lowest BCUT2D eigenvalue weighted by molar-refractivity contribution is 0.0471. The average Bonchev–Trinajstić information content (AvgIpc) is 2.88. The van der Waals surface area contributed by atoms with Gasteiger partial charge >= 0.3 is 5.97 Å². The maximum atomic E-state index is 13.9. The summed E-state index contributed by atoms with van der Waals surface area (Å²) in [5.41, 5.74) is 6.19. The van der Waals surface area contributed by atoms with Crippen molar-refractivity contribution in [1.29, 1.82) is 0 Å². The van der Waals surface area contributed by atoms with Crippen LogP contribution in [0.25, 0.3) is 0 Å². The van der Waals surface area contributed by atoms with Gasteiger partial charge in [0.25, 0.3) is 0 Å². The molecule has 2 aromatic rings. The summed E-state index contributed by atoms with van der Waals surface area (Å²) in [6.45, 7) is 3.78. The number of thiophene rings is 1. The van der Waals surface area contributed by atoms with E-state index in [1.165, 1.54) is 17.0 Å². The summed E-state index contributed by atoms with van der Waals surface area (Å²) in [7, 11) is 0. The normalized spacial score (nSPS) is 10.6. The first-order valence-corrected chi connectivity index (χ1v) is 7.13. The van der Waals surface area contributed by atoms with E-state index >= 15 is 0 Å². The zero-order chi connectivity index (χ0) is 14.7. The van der Waals surface area contributed by atoms with Crippen LogP contribution in [0.3, 0.4) is 0 Å². The van der Waals surface area contributed by atoms with E-state index in [-0.39, 0.29) is 12.2 Å². The molecule has 106 valence electrons. The summed E-state index contributed by atoms with van der Waals surface area (Å²) in [5.74, 6) is -1.27. The van der Waals surface area contributed by atoms with Crippen molar-refractivity contribution in [3.63, 3.8) is 0 Å². The third kappa shape index (κ3) is 3.17.